The third-order valence-corrected chi connectivity index (χ3v) is 4.13. The lowest BCUT2D eigenvalue weighted by molar-refractivity contribution is -0.122. The van der Waals surface area contributed by atoms with Gasteiger partial charge in [0.25, 0.3) is 0 Å². The summed E-state index contributed by atoms with van der Waals surface area (Å²) in [6.07, 6.45) is 1.67. The molecule has 0 unspecified atom stereocenters. The molecular weight excluding hydrogens is 277 g/mol. The minimum absolute atomic E-state index is 0.0439. The van der Waals surface area contributed by atoms with Gasteiger partial charge in [-0.3, -0.25) is 9.59 Å². The molecule has 0 radical (unpaired) electrons. The highest BCUT2D eigenvalue weighted by atomic mass is 32.1. The summed E-state index contributed by atoms with van der Waals surface area (Å²) in [6.45, 7) is 1.50. The number of rotatable bonds is 5. The number of hydrogen-bond donors (Lipinski definition) is 2. The van der Waals surface area contributed by atoms with Gasteiger partial charge in [-0.1, -0.05) is 6.07 Å². The van der Waals surface area contributed by atoms with Gasteiger partial charge >= 0.3 is 7.12 Å². The zero-order valence-corrected chi connectivity index (χ0v) is 12.2. The van der Waals surface area contributed by atoms with Crippen LogP contribution in [0.1, 0.15) is 31.1 Å². The van der Waals surface area contributed by atoms with Crippen LogP contribution in [-0.2, 0) is 20.7 Å². The summed E-state index contributed by atoms with van der Waals surface area (Å²) in [5.41, 5.74) is 0. The molecule has 0 spiro atoms. The predicted octanol–water partition coefficient (Wildman–Crippen LogP) is 0.953. The van der Waals surface area contributed by atoms with Gasteiger partial charge in [0.05, 0.1) is 12.4 Å². The molecule has 1 aromatic rings. The molecule has 1 amide bonds. The van der Waals surface area contributed by atoms with Crippen LogP contribution in [0.15, 0.2) is 17.5 Å². The lowest BCUT2D eigenvalue weighted by atomic mass is 9.72. The van der Waals surface area contributed by atoms with Crippen LogP contribution >= 0.6 is 11.3 Å². The molecule has 1 aliphatic heterocycles. The summed E-state index contributed by atoms with van der Waals surface area (Å²) in [4.78, 5) is 23.9. The third-order valence-electron chi connectivity index (χ3n) is 3.25. The highest BCUT2D eigenvalue weighted by Crippen LogP contribution is 2.19. The molecular formula is C13H18BNO4S. The molecule has 0 saturated carbocycles. The van der Waals surface area contributed by atoms with E-state index in [-0.39, 0.29) is 17.8 Å². The number of nitrogens with one attached hydrogen (secondary N) is 1. The summed E-state index contributed by atoms with van der Waals surface area (Å²) in [5, 5.41) is 14.6. The van der Waals surface area contributed by atoms with Gasteiger partial charge in [0.2, 0.25) is 5.91 Å². The van der Waals surface area contributed by atoms with E-state index in [2.05, 4.69) is 5.32 Å². The summed E-state index contributed by atoms with van der Waals surface area (Å²) in [5.74, 6) is -0.474. The maximum atomic E-state index is 11.9. The van der Waals surface area contributed by atoms with Gasteiger partial charge in [0, 0.05) is 17.4 Å². The van der Waals surface area contributed by atoms with Gasteiger partial charge in [-0.15, -0.1) is 11.3 Å². The van der Waals surface area contributed by atoms with E-state index < -0.39 is 13.1 Å². The standard InChI is InChI=1S/C13H18BNO4S/c1-9(16)7-10-4-5-12(14(18)19-10)15-13(17)8-11-3-2-6-20-11/h2-3,6,10,12,18H,4-5,7-8H2,1H3,(H,15,17)/t10-,12-/m0/s1. The molecule has 2 heterocycles. The van der Waals surface area contributed by atoms with E-state index in [1.54, 1.807) is 0 Å². The molecule has 0 aliphatic carbocycles. The van der Waals surface area contributed by atoms with E-state index >= 15 is 0 Å². The summed E-state index contributed by atoms with van der Waals surface area (Å²) in [7, 11) is -1.04. The Morgan fingerprint density at radius 3 is 2.95 bits per heavy atom. The number of ketones is 1. The maximum Gasteiger partial charge on any atom is 0.478 e. The van der Waals surface area contributed by atoms with Crippen LogP contribution in [0, 0.1) is 0 Å². The molecule has 20 heavy (non-hydrogen) atoms. The van der Waals surface area contributed by atoms with E-state index in [1.807, 2.05) is 17.5 Å². The van der Waals surface area contributed by atoms with Gasteiger partial charge in [-0.25, -0.2) is 0 Å². The average Bonchev–Trinajstić information content (AvgIpc) is 2.84. The van der Waals surface area contributed by atoms with Crippen LogP contribution in [0.2, 0.25) is 0 Å². The Balaban J connectivity index is 1.79. The minimum atomic E-state index is -1.04. The Hall–Kier alpha value is -1.18. The van der Waals surface area contributed by atoms with Crippen LogP contribution in [0.4, 0.5) is 0 Å². The van der Waals surface area contributed by atoms with Crippen molar-refractivity contribution < 1.29 is 19.3 Å². The van der Waals surface area contributed by atoms with Crippen molar-refractivity contribution in [3.63, 3.8) is 0 Å². The normalized spacial score (nSPS) is 22.6. The van der Waals surface area contributed by atoms with Crippen molar-refractivity contribution in [1.29, 1.82) is 0 Å². The maximum absolute atomic E-state index is 11.9. The average molecular weight is 295 g/mol. The fourth-order valence-corrected chi connectivity index (χ4v) is 3.02. The quantitative estimate of drug-likeness (QED) is 0.793. The van der Waals surface area contributed by atoms with Crippen LogP contribution in [0.3, 0.4) is 0 Å². The molecule has 5 nitrogen and oxygen atoms in total. The summed E-state index contributed by atoms with van der Waals surface area (Å²) >= 11 is 1.53. The van der Waals surface area contributed by atoms with Crippen LogP contribution < -0.4 is 5.32 Å². The van der Waals surface area contributed by atoms with Gasteiger partial charge in [0.1, 0.15) is 5.78 Å². The van der Waals surface area contributed by atoms with Gasteiger partial charge in [-0.2, -0.15) is 0 Å². The zero-order valence-electron chi connectivity index (χ0n) is 11.4. The number of carbonyl (C=O) groups is 2. The van der Waals surface area contributed by atoms with Crippen molar-refractivity contribution in [2.45, 2.75) is 44.7 Å². The Morgan fingerprint density at radius 1 is 1.55 bits per heavy atom. The SMILES string of the molecule is CC(=O)C[C@@H]1CC[C@H](NC(=O)Cc2cccs2)B(O)O1. The van der Waals surface area contributed by atoms with E-state index in [9.17, 15) is 14.6 Å². The largest absolute Gasteiger partial charge is 0.478 e. The van der Waals surface area contributed by atoms with Crippen molar-refractivity contribution in [3.05, 3.63) is 22.4 Å². The Labute approximate surface area is 122 Å². The van der Waals surface area contributed by atoms with E-state index in [1.165, 1.54) is 18.3 Å². The van der Waals surface area contributed by atoms with Crippen molar-refractivity contribution in [3.8, 4) is 0 Å². The monoisotopic (exact) mass is 295 g/mol. The Morgan fingerprint density at radius 2 is 2.35 bits per heavy atom. The van der Waals surface area contributed by atoms with E-state index in [4.69, 9.17) is 4.65 Å². The van der Waals surface area contributed by atoms with Crippen molar-refractivity contribution in [1.82, 2.24) is 5.32 Å². The number of hydrogen-bond acceptors (Lipinski definition) is 5. The molecule has 0 aromatic carbocycles. The lowest BCUT2D eigenvalue weighted by Gasteiger charge is -2.31. The van der Waals surface area contributed by atoms with E-state index in [0.717, 1.165) is 4.88 Å². The highest BCUT2D eigenvalue weighted by Gasteiger charge is 2.36. The van der Waals surface area contributed by atoms with Crippen LogP contribution in [-0.4, -0.2) is 35.9 Å². The molecule has 2 atom stereocenters. The summed E-state index contributed by atoms with van der Waals surface area (Å²) in [6, 6.07) is 3.80. The molecule has 1 fully saturated rings. The Bertz CT molecular complexity index is 465. The minimum Gasteiger partial charge on any atom is -0.426 e. The second kappa shape index (κ2) is 7.01. The fraction of sp³-hybridized carbons (Fsp3) is 0.538. The first kappa shape index (κ1) is 15.2. The van der Waals surface area contributed by atoms with Gasteiger partial charge < -0.3 is 15.0 Å². The first-order valence-electron chi connectivity index (χ1n) is 6.69. The number of thiophene rings is 1. The third kappa shape index (κ3) is 4.43. The van der Waals surface area contributed by atoms with E-state index in [0.29, 0.717) is 25.7 Å². The topological polar surface area (TPSA) is 75.6 Å². The first-order valence-corrected chi connectivity index (χ1v) is 7.57. The second-order valence-corrected chi connectivity index (χ2v) is 6.09. The number of Topliss-reactive ketones (excluding diaryl/α,β-unsaturated/α-hetero) is 1. The number of carbonyl (C=O) groups excluding carboxylic acids is 2. The fourth-order valence-electron chi connectivity index (χ4n) is 2.31. The summed E-state index contributed by atoms with van der Waals surface area (Å²) < 4.78 is 5.37. The molecule has 2 rings (SSSR count). The van der Waals surface area contributed by atoms with Crippen molar-refractivity contribution in [2.75, 3.05) is 0 Å². The van der Waals surface area contributed by atoms with Crippen LogP contribution in [0.25, 0.3) is 0 Å². The van der Waals surface area contributed by atoms with Crippen molar-refractivity contribution in [2.24, 2.45) is 0 Å². The molecule has 2 N–H and O–H groups in total. The molecule has 1 aliphatic rings. The molecule has 7 heteroatoms. The second-order valence-electron chi connectivity index (χ2n) is 5.06. The zero-order chi connectivity index (χ0) is 14.5. The van der Waals surface area contributed by atoms with Crippen LogP contribution in [0.5, 0.6) is 0 Å². The lowest BCUT2D eigenvalue weighted by Crippen LogP contribution is -2.53. The van der Waals surface area contributed by atoms with Gasteiger partial charge in [-0.05, 0) is 31.2 Å². The molecule has 0 bridgehead atoms. The molecule has 1 aromatic heterocycles. The molecule has 108 valence electrons. The highest BCUT2D eigenvalue weighted by molar-refractivity contribution is 7.10. The van der Waals surface area contributed by atoms with Crippen molar-refractivity contribution >= 4 is 30.1 Å². The Kier molecular flexibility index (Phi) is 5.34. The number of amides is 1. The first-order chi connectivity index (χ1) is 9.54. The van der Waals surface area contributed by atoms with Gasteiger partial charge in [0.15, 0.2) is 0 Å². The molecule has 1 saturated heterocycles. The predicted molar refractivity (Wildman–Crippen MR) is 77.3 cm³/mol. The smallest absolute Gasteiger partial charge is 0.426 e.